The number of hydrogen-bond donors (Lipinski definition) is 1. The number of nitrogens with zero attached hydrogens (tertiary/aromatic N) is 3. The number of halogens is 3. The average molecular weight is 202 g/mol. The van der Waals surface area contributed by atoms with Crippen LogP contribution in [0.1, 0.15) is 5.56 Å². The molecule has 0 aliphatic rings. The lowest BCUT2D eigenvalue weighted by molar-refractivity contribution is -0.115. The molecule has 14 heavy (non-hydrogen) atoms. The first kappa shape index (κ1) is 10.2. The number of aromatic nitrogens is 2. The highest BCUT2D eigenvalue weighted by Crippen LogP contribution is 2.14. The predicted octanol–water partition coefficient (Wildman–Crippen LogP) is 1.32. The first-order valence-electron chi connectivity index (χ1n) is 3.54. The van der Waals surface area contributed by atoms with Crippen LogP contribution in [0.2, 0.25) is 0 Å². The molecule has 1 aromatic heterocycles. The molecule has 1 heterocycles. The molecule has 0 saturated carbocycles. The number of rotatable bonds is 2. The van der Waals surface area contributed by atoms with E-state index in [1.54, 1.807) is 6.07 Å². The van der Waals surface area contributed by atoms with Gasteiger partial charge in [0.25, 0.3) is 0 Å². The molecule has 0 unspecified atom stereocenters. The normalized spacial score (nSPS) is 10.7. The van der Waals surface area contributed by atoms with Crippen molar-refractivity contribution in [3.8, 4) is 6.07 Å². The number of hydrogen-bond acceptors (Lipinski definition) is 4. The minimum atomic E-state index is -4.31. The van der Waals surface area contributed by atoms with Gasteiger partial charge < -0.3 is 5.32 Å². The van der Waals surface area contributed by atoms with E-state index < -0.39 is 12.7 Å². The van der Waals surface area contributed by atoms with Gasteiger partial charge in [0.05, 0.1) is 18.0 Å². The Bertz CT molecular complexity index is 337. The fourth-order valence-electron chi connectivity index (χ4n) is 0.656. The van der Waals surface area contributed by atoms with E-state index >= 15 is 0 Å². The zero-order chi connectivity index (χ0) is 10.6. The van der Waals surface area contributed by atoms with Gasteiger partial charge in [0.2, 0.25) is 5.95 Å². The Labute approximate surface area is 77.4 Å². The lowest BCUT2D eigenvalue weighted by Crippen LogP contribution is -2.22. The second-order valence-corrected chi connectivity index (χ2v) is 2.38. The molecule has 0 aliphatic carbocycles. The Kier molecular flexibility index (Phi) is 2.86. The molecule has 0 aromatic carbocycles. The number of nitriles is 1. The zero-order valence-corrected chi connectivity index (χ0v) is 6.84. The Balaban J connectivity index is 2.58. The second-order valence-electron chi connectivity index (χ2n) is 2.38. The lowest BCUT2D eigenvalue weighted by atomic mass is 10.4. The highest BCUT2D eigenvalue weighted by Gasteiger charge is 2.26. The summed E-state index contributed by atoms with van der Waals surface area (Å²) in [5.41, 5.74) is 0.197. The standard InChI is InChI=1S/C7H5F3N4/c8-7(9,10)4-14-6-12-2-5(1-11)3-13-6/h2-3H,4H2,(H,12,13,14). The fourth-order valence-corrected chi connectivity index (χ4v) is 0.656. The summed E-state index contributed by atoms with van der Waals surface area (Å²) in [5, 5.41) is 10.3. The monoisotopic (exact) mass is 202 g/mol. The van der Waals surface area contributed by atoms with Crippen LogP contribution in [0.5, 0.6) is 0 Å². The fraction of sp³-hybridized carbons (Fsp3) is 0.286. The molecule has 0 bridgehead atoms. The molecule has 7 heteroatoms. The summed E-state index contributed by atoms with van der Waals surface area (Å²) in [6.45, 7) is -1.20. The Morgan fingerprint density at radius 3 is 2.36 bits per heavy atom. The molecule has 0 saturated heterocycles. The first-order chi connectivity index (χ1) is 6.51. The van der Waals surface area contributed by atoms with Crippen molar-refractivity contribution in [1.29, 1.82) is 5.26 Å². The van der Waals surface area contributed by atoms with Crippen molar-refractivity contribution in [3.05, 3.63) is 18.0 Å². The summed E-state index contributed by atoms with van der Waals surface area (Å²) >= 11 is 0. The predicted molar refractivity (Wildman–Crippen MR) is 41.3 cm³/mol. The van der Waals surface area contributed by atoms with Crippen molar-refractivity contribution in [1.82, 2.24) is 9.97 Å². The summed E-state index contributed by atoms with van der Waals surface area (Å²) < 4.78 is 35.1. The van der Waals surface area contributed by atoms with Crippen LogP contribution < -0.4 is 5.32 Å². The van der Waals surface area contributed by atoms with Crippen LogP contribution in [-0.2, 0) is 0 Å². The molecule has 74 valence electrons. The molecule has 0 atom stereocenters. The van der Waals surface area contributed by atoms with Crippen LogP contribution in [0.3, 0.4) is 0 Å². The molecule has 0 aliphatic heterocycles. The molecule has 1 rings (SSSR count). The molecule has 0 fully saturated rings. The third-order valence-corrected chi connectivity index (χ3v) is 1.23. The van der Waals surface area contributed by atoms with Crippen LogP contribution in [0.15, 0.2) is 12.4 Å². The summed E-state index contributed by atoms with van der Waals surface area (Å²) in [5.74, 6) is -0.152. The number of anilines is 1. The minimum Gasteiger partial charge on any atom is -0.345 e. The highest BCUT2D eigenvalue weighted by atomic mass is 19.4. The maximum Gasteiger partial charge on any atom is 0.405 e. The third-order valence-electron chi connectivity index (χ3n) is 1.23. The van der Waals surface area contributed by atoms with Gasteiger partial charge in [0.15, 0.2) is 0 Å². The molecule has 1 aromatic rings. The van der Waals surface area contributed by atoms with Gasteiger partial charge in [-0.25, -0.2) is 9.97 Å². The average Bonchev–Trinajstić information content (AvgIpc) is 2.14. The van der Waals surface area contributed by atoms with E-state index in [9.17, 15) is 13.2 Å². The lowest BCUT2D eigenvalue weighted by Gasteiger charge is -2.06. The van der Waals surface area contributed by atoms with Gasteiger partial charge in [-0.05, 0) is 0 Å². The van der Waals surface area contributed by atoms with Gasteiger partial charge in [-0.15, -0.1) is 0 Å². The Morgan fingerprint density at radius 1 is 1.36 bits per heavy atom. The van der Waals surface area contributed by atoms with Crippen molar-refractivity contribution < 1.29 is 13.2 Å². The maximum absolute atomic E-state index is 11.7. The molecule has 4 nitrogen and oxygen atoms in total. The summed E-state index contributed by atoms with van der Waals surface area (Å²) in [4.78, 5) is 7.02. The van der Waals surface area contributed by atoms with Crippen LogP contribution in [0.4, 0.5) is 19.1 Å². The van der Waals surface area contributed by atoms with Crippen LogP contribution in [-0.4, -0.2) is 22.7 Å². The van der Waals surface area contributed by atoms with E-state index in [1.807, 2.05) is 5.32 Å². The highest BCUT2D eigenvalue weighted by molar-refractivity contribution is 5.29. The summed E-state index contributed by atoms with van der Waals surface area (Å²) in [6, 6.07) is 1.75. The smallest absolute Gasteiger partial charge is 0.345 e. The van der Waals surface area contributed by atoms with E-state index in [0.717, 1.165) is 12.4 Å². The molecular formula is C7H5F3N4. The topological polar surface area (TPSA) is 61.6 Å². The van der Waals surface area contributed by atoms with Gasteiger partial charge in [-0.3, -0.25) is 0 Å². The molecule has 0 spiro atoms. The van der Waals surface area contributed by atoms with E-state index in [0.29, 0.717) is 0 Å². The minimum absolute atomic E-state index is 0.152. The molecular weight excluding hydrogens is 197 g/mol. The summed E-state index contributed by atoms with van der Waals surface area (Å²) in [6.07, 6.45) is -2.02. The van der Waals surface area contributed by atoms with Crippen molar-refractivity contribution in [2.75, 3.05) is 11.9 Å². The van der Waals surface area contributed by atoms with Gasteiger partial charge >= 0.3 is 6.18 Å². The van der Waals surface area contributed by atoms with Crippen molar-refractivity contribution in [2.24, 2.45) is 0 Å². The van der Waals surface area contributed by atoms with E-state index in [2.05, 4.69) is 9.97 Å². The first-order valence-corrected chi connectivity index (χ1v) is 3.54. The SMILES string of the molecule is N#Cc1cnc(NCC(F)(F)F)nc1. The van der Waals surface area contributed by atoms with Crippen LogP contribution >= 0.6 is 0 Å². The maximum atomic E-state index is 11.7. The largest absolute Gasteiger partial charge is 0.405 e. The summed E-state index contributed by atoms with van der Waals surface area (Å²) in [7, 11) is 0. The Morgan fingerprint density at radius 2 is 1.93 bits per heavy atom. The van der Waals surface area contributed by atoms with E-state index in [4.69, 9.17) is 5.26 Å². The molecule has 1 N–H and O–H groups in total. The van der Waals surface area contributed by atoms with Crippen molar-refractivity contribution >= 4 is 5.95 Å². The molecule has 0 amide bonds. The second kappa shape index (κ2) is 3.91. The van der Waals surface area contributed by atoms with Gasteiger partial charge in [-0.1, -0.05) is 0 Å². The molecule has 0 radical (unpaired) electrons. The quantitative estimate of drug-likeness (QED) is 0.785. The van der Waals surface area contributed by atoms with Crippen molar-refractivity contribution in [3.63, 3.8) is 0 Å². The Hall–Kier alpha value is -1.84. The van der Waals surface area contributed by atoms with Gasteiger partial charge in [0, 0.05) is 0 Å². The van der Waals surface area contributed by atoms with Crippen molar-refractivity contribution in [2.45, 2.75) is 6.18 Å². The van der Waals surface area contributed by atoms with Crippen LogP contribution in [0.25, 0.3) is 0 Å². The van der Waals surface area contributed by atoms with E-state index in [1.165, 1.54) is 0 Å². The van der Waals surface area contributed by atoms with E-state index in [-0.39, 0.29) is 11.5 Å². The van der Waals surface area contributed by atoms with Gasteiger partial charge in [0.1, 0.15) is 12.6 Å². The van der Waals surface area contributed by atoms with Crippen LogP contribution in [0, 0.1) is 11.3 Å². The number of alkyl halides is 3. The number of nitrogens with one attached hydrogen (secondary N) is 1. The van der Waals surface area contributed by atoms with Gasteiger partial charge in [-0.2, -0.15) is 18.4 Å². The third kappa shape index (κ3) is 3.26. The zero-order valence-electron chi connectivity index (χ0n) is 6.84.